The molecule has 0 bridgehead atoms. The van der Waals surface area contributed by atoms with Gasteiger partial charge in [0.1, 0.15) is 6.04 Å². The molecule has 7 nitrogen and oxygen atoms in total. The van der Waals surface area contributed by atoms with Crippen LogP contribution in [0.15, 0.2) is 24.3 Å². The van der Waals surface area contributed by atoms with Gasteiger partial charge in [-0.1, -0.05) is 6.07 Å². The highest BCUT2D eigenvalue weighted by Crippen LogP contribution is 2.18. The van der Waals surface area contributed by atoms with Crippen LogP contribution in [0.3, 0.4) is 0 Å². The Balaban J connectivity index is 2.45. The lowest BCUT2D eigenvalue weighted by Gasteiger charge is -2.12. The lowest BCUT2D eigenvalue weighted by molar-refractivity contribution is -0.144. The highest BCUT2D eigenvalue weighted by atomic mass is 19.1. The minimum absolute atomic E-state index is 0.0950. The maximum Gasteiger partial charge on any atom is 0.331 e. The zero-order valence-corrected chi connectivity index (χ0v) is 14.3. The van der Waals surface area contributed by atoms with Crippen molar-refractivity contribution in [3.05, 3.63) is 35.7 Å². The van der Waals surface area contributed by atoms with Crippen LogP contribution in [0.25, 0.3) is 6.08 Å². The Labute approximate surface area is 145 Å². The average molecular weight is 352 g/mol. The van der Waals surface area contributed by atoms with Crippen molar-refractivity contribution in [2.45, 2.75) is 19.9 Å². The molecule has 136 valence electrons. The van der Waals surface area contributed by atoms with E-state index >= 15 is 0 Å². The predicted molar refractivity (Wildman–Crippen MR) is 89.2 cm³/mol. The number of amides is 2. The number of carbonyl (C=O) groups excluding carboxylic acids is 3. The number of hydrogen-bond acceptors (Lipinski definition) is 5. The first kappa shape index (κ1) is 20.1. The molecular formula is C17H21FN2O5. The molecule has 1 atom stereocenters. The van der Waals surface area contributed by atoms with Crippen molar-refractivity contribution >= 4 is 23.9 Å². The smallest absolute Gasteiger partial charge is 0.331 e. The number of carbonyl (C=O) groups is 3. The van der Waals surface area contributed by atoms with Gasteiger partial charge in [0.25, 0.3) is 5.91 Å². The van der Waals surface area contributed by atoms with E-state index in [1.54, 1.807) is 13.0 Å². The van der Waals surface area contributed by atoms with E-state index in [9.17, 15) is 18.8 Å². The minimum Gasteiger partial charge on any atom is -0.494 e. The summed E-state index contributed by atoms with van der Waals surface area (Å²) in [5.41, 5.74) is 0.435. The number of methoxy groups -OCH3 is 1. The first-order chi connectivity index (χ1) is 11.9. The standard InChI is InChI=1S/C17H21FN2O5/c1-4-19-17(23)11(2)20-15(21)10-25-16(22)8-6-12-5-7-14(24-3)13(18)9-12/h5-9,11H,4,10H2,1-3H3,(H,19,23)(H,20,21)/b8-6+/t11-/m0/s1. The van der Waals surface area contributed by atoms with Crippen molar-refractivity contribution in [3.8, 4) is 5.75 Å². The molecule has 1 aromatic rings. The van der Waals surface area contributed by atoms with Gasteiger partial charge in [-0.2, -0.15) is 0 Å². The predicted octanol–water partition coefficient (Wildman–Crippen LogP) is 1.03. The molecule has 0 aromatic heterocycles. The molecule has 0 spiro atoms. The van der Waals surface area contributed by atoms with Gasteiger partial charge in [0.2, 0.25) is 5.91 Å². The van der Waals surface area contributed by atoms with E-state index in [0.29, 0.717) is 12.1 Å². The largest absolute Gasteiger partial charge is 0.494 e. The van der Waals surface area contributed by atoms with E-state index in [2.05, 4.69) is 10.6 Å². The van der Waals surface area contributed by atoms with Gasteiger partial charge in [-0.15, -0.1) is 0 Å². The maximum atomic E-state index is 13.5. The second-order valence-electron chi connectivity index (χ2n) is 5.02. The van der Waals surface area contributed by atoms with Gasteiger partial charge < -0.3 is 20.1 Å². The van der Waals surface area contributed by atoms with Crippen LogP contribution in [0.5, 0.6) is 5.75 Å². The van der Waals surface area contributed by atoms with Gasteiger partial charge in [0, 0.05) is 12.6 Å². The fourth-order valence-electron chi connectivity index (χ4n) is 1.81. The van der Waals surface area contributed by atoms with Gasteiger partial charge in [0.05, 0.1) is 7.11 Å². The third-order valence-corrected chi connectivity index (χ3v) is 3.06. The molecule has 2 N–H and O–H groups in total. The van der Waals surface area contributed by atoms with Crippen LogP contribution in [0.4, 0.5) is 4.39 Å². The Morgan fingerprint density at radius 2 is 2.04 bits per heavy atom. The Bertz CT molecular complexity index is 660. The van der Waals surface area contributed by atoms with E-state index in [1.165, 1.54) is 32.2 Å². The molecule has 0 fully saturated rings. The molecule has 0 aliphatic heterocycles. The molecule has 25 heavy (non-hydrogen) atoms. The zero-order valence-electron chi connectivity index (χ0n) is 14.3. The fraction of sp³-hybridized carbons (Fsp3) is 0.353. The molecule has 1 rings (SSSR count). The zero-order chi connectivity index (χ0) is 18.8. The van der Waals surface area contributed by atoms with E-state index in [0.717, 1.165) is 6.08 Å². The summed E-state index contributed by atoms with van der Waals surface area (Å²) >= 11 is 0. The normalized spacial score (nSPS) is 11.7. The Morgan fingerprint density at radius 3 is 2.64 bits per heavy atom. The third kappa shape index (κ3) is 7.03. The Morgan fingerprint density at radius 1 is 1.32 bits per heavy atom. The lowest BCUT2D eigenvalue weighted by atomic mass is 10.2. The molecule has 0 aliphatic carbocycles. The summed E-state index contributed by atoms with van der Waals surface area (Å²) in [6.07, 6.45) is 2.42. The van der Waals surface area contributed by atoms with Gasteiger partial charge >= 0.3 is 5.97 Å². The summed E-state index contributed by atoms with van der Waals surface area (Å²) in [5.74, 6) is -2.16. The summed E-state index contributed by atoms with van der Waals surface area (Å²) in [6, 6.07) is 3.45. The van der Waals surface area contributed by atoms with E-state index in [-0.39, 0.29) is 11.7 Å². The monoisotopic (exact) mass is 352 g/mol. The van der Waals surface area contributed by atoms with Gasteiger partial charge in [-0.05, 0) is 37.6 Å². The van der Waals surface area contributed by atoms with Crippen molar-refractivity contribution in [1.29, 1.82) is 0 Å². The Hall–Kier alpha value is -2.90. The first-order valence-corrected chi connectivity index (χ1v) is 7.62. The SMILES string of the molecule is CCNC(=O)[C@H](C)NC(=O)COC(=O)/C=C/c1ccc(OC)c(F)c1. The summed E-state index contributed by atoms with van der Waals surface area (Å²) in [6.45, 7) is 3.20. The minimum atomic E-state index is -0.767. The number of benzene rings is 1. The molecule has 2 amide bonds. The molecular weight excluding hydrogens is 331 g/mol. The van der Waals surface area contributed by atoms with E-state index in [1.807, 2.05) is 0 Å². The van der Waals surface area contributed by atoms with E-state index < -0.39 is 30.3 Å². The van der Waals surface area contributed by atoms with Crippen molar-refractivity contribution in [2.24, 2.45) is 0 Å². The number of rotatable bonds is 8. The van der Waals surface area contributed by atoms with Crippen molar-refractivity contribution in [1.82, 2.24) is 10.6 Å². The average Bonchev–Trinajstić information content (AvgIpc) is 2.58. The second kappa shape index (κ2) is 10.1. The molecule has 0 aliphatic rings. The van der Waals surface area contributed by atoms with Gasteiger partial charge in [-0.25, -0.2) is 9.18 Å². The number of nitrogens with one attached hydrogen (secondary N) is 2. The second-order valence-corrected chi connectivity index (χ2v) is 5.02. The van der Waals surface area contributed by atoms with E-state index in [4.69, 9.17) is 9.47 Å². The van der Waals surface area contributed by atoms with Crippen LogP contribution < -0.4 is 15.4 Å². The van der Waals surface area contributed by atoms with Crippen LogP contribution in [-0.2, 0) is 19.1 Å². The van der Waals surface area contributed by atoms with Gasteiger partial charge in [0.15, 0.2) is 18.2 Å². The molecule has 1 aromatic carbocycles. The number of halogens is 1. The van der Waals surface area contributed by atoms with Crippen molar-refractivity contribution in [2.75, 3.05) is 20.3 Å². The van der Waals surface area contributed by atoms with Gasteiger partial charge in [-0.3, -0.25) is 9.59 Å². The van der Waals surface area contributed by atoms with Crippen molar-refractivity contribution in [3.63, 3.8) is 0 Å². The molecule has 0 saturated carbocycles. The number of esters is 1. The molecule has 8 heteroatoms. The van der Waals surface area contributed by atoms with Crippen LogP contribution >= 0.6 is 0 Å². The molecule has 0 heterocycles. The number of hydrogen-bond donors (Lipinski definition) is 2. The van der Waals surface area contributed by atoms with Crippen LogP contribution in [0, 0.1) is 5.82 Å². The topological polar surface area (TPSA) is 93.7 Å². The third-order valence-electron chi connectivity index (χ3n) is 3.06. The molecule has 0 unspecified atom stereocenters. The Kier molecular flexibility index (Phi) is 8.11. The first-order valence-electron chi connectivity index (χ1n) is 7.62. The lowest BCUT2D eigenvalue weighted by Crippen LogP contribution is -2.46. The summed E-state index contributed by atoms with van der Waals surface area (Å²) in [5, 5.41) is 4.95. The number of likely N-dealkylation sites (N-methyl/N-ethyl adjacent to an activating group) is 1. The van der Waals surface area contributed by atoms with Crippen molar-refractivity contribution < 1.29 is 28.2 Å². The quantitative estimate of drug-likeness (QED) is 0.538. The fourth-order valence-corrected chi connectivity index (χ4v) is 1.81. The van der Waals surface area contributed by atoms with Crippen LogP contribution in [0.2, 0.25) is 0 Å². The summed E-state index contributed by atoms with van der Waals surface area (Å²) < 4.78 is 23.1. The number of ether oxygens (including phenoxy) is 2. The summed E-state index contributed by atoms with van der Waals surface area (Å²) in [4.78, 5) is 34.6. The molecule has 0 radical (unpaired) electrons. The summed E-state index contributed by atoms with van der Waals surface area (Å²) in [7, 11) is 1.35. The highest BCUT2D eigenvalue weighted by molar-refractivity contribution is 5.91. The maximum absolute atomic E-state index is 13.5. The van der Waals surface area contributed by atoms with Crippen LogP contribution in [-0.4, -0.2) is 44.1 Å². The highest BCUT2D eigenvalue weighted by Gasteiger charge is 2.15. The molecule has 0 saturated heterocycles. The van der Waals surface area contributed by atoms with Crippen LogP contribution in [0.1, 0.15) is 19.4 Å².